The molecule has 1 aromatic rings. The van der Waals surface area contributed by atoms with Crippen molar-refractivity contribution in [1.82, 2.24) is 4.90 Å². The van der Waals surface area contributed by atoms with Crippen molar-refractivity contribution < 1.29 is 19.0 Å². The molecule has 3 rings (SSSR count). The zero-order valence-electron chi connectivity index (χ0n) is 13.0. The maximum Gasteiger partial charge on any atom is 0.233 e. The number of ether oxygens (including phenoxy) is 3. The van der Waals surface area contributed by atoms with E-state index >= 15 is 0 Å². The highest BCUT2D eigenvalue weighted by Gasteiger charge is 2.44. The van der Waals surface area contributed by atoms with Gasteiger partial charge in [-0.05, 0) is 30.5 Å². The molecular weight excluding hydrogens is 282 g/mol. The van der Waals surface area contributed by atoms with Gasteiger partial charge in [-0.15, -0.1) is 0 Å². The van der Waals surface area contributed by atoms with Crippen molar-refractivity contribution in [2.75, 3.05) is 46.6 Å². The van der Waals surface area contributed by atoms with Crippen LogP contribution in [0, 0.1) is 0 Å². The van der Waals surface area contributed by atoms with Gasteiger partial charge in [0.05, 0.1) is 25.7 Å². The number of hydrogen-bond acceptors (Lipinski definition) is 4. The smallest absolute Gasteiger partial charge is 0.233 e. The molecule has 2 heterocycles. The third kappa shape index (κ3) is 2.83. The summed E-state index contributed by atoms with van der Waals surface area (Å²) in [4.78, 5) is 15.2. The van der Waals surface area contributed by atoms with Gasteiger partial charge in [-0.3, -0.25) is 4.79 Å². The normalized spacial score (nSPS) is 21.4. The fraction of sp³-hybridized carbons (Fsp3) is 0.588. The SMILES string of the molecule is COc1ccc(C2(C(=O)N3CCOCC3)CCOCC2)cc1. The number of hydrogen-bond donors (Lipinski definition) is 0. The minimum Gasteiger partial charge on any atom is -0.497 e. The van der Waals surface area contributed by atoms with Crippen LogP contribution in [0.1, 0.15) is 18.4 Å². The van der Waals surface area contributed by atoms with Crippen molar-refractivity contribution in [2.45, 2.75) is 18.3 Å². The van der Waals surface area contributed by atoms with E-state index in [2.05, 4.69) is 0 Å². The molecule has 0 bridgehead atoms. The van der Waals surface area contributed by atoms with Crippen LogP contribution in [0.5, 0.6) is 5.75 Å². The fourth-order valence-electron chi connectivity index (χ4n) is 3.33. The maximum atomic E-state index is 13.2. The van der Waals surface area contributed by atoms with E-state index in [1.54, 1.807) is 7.11 Å². The monoisotopic (exact) mass is 305 g/mol. The van der Waals surface area contributed by atoms with Crippen LogP contribution in [0.25, 0.3) is 0 Å². The molecule has 0 N–H and O–H groups in total. The van der Waals surface area contributed by atoms with Gasteiger partial charge in [0.1, 0.15) is 5.75 Å². The van der Waals surface area contributed by atoms with Crippen LogP contribution < -0.4 is 4.74 Å². The van der Waals surface area contributed by atoms with Crippen molar-refractivity contribution in [2.24, 2.45) is 0 Å². The van der Waals surface area contributed by atoms with Gasteiger partial charge in [0.25, 0.3) is 0 Å². The van der Waals surface area contributed by atoms with Crippen LogP contribution in [-0.2, 0) is 19.7 Å². The molecule has 5 heteroatoms. The summed E-state index contributed by atoms with van der Waals surface area (Å²) in [5, 5.41) is 0. The number of morpholine rings is 1. The predicted molar refractivity (Wildman–Crippen MR) is 82.1 cm³/mol. The summed E-state index contributed by atoms with van der Waals surface area (Å²) < 4.78 is 16.1. The number of rotatable bonds is 3. The molecule has 2 saturated heterocycles. The van der Waals surface area contributed by atoms with Gasteiger partial charge in [-0.1, -0.05) is 12.1 Å². The van der Waals surface area contributed by atoms with Gasteiger partial charge in [-0.25, -0.2) is 0 Å². The first-order chi connectivity index (χ1) is 10.8. The van der Waals surface area contributed by atoms with E-state index in [0.717, 1.165) is 24.2 Å². The largest absolute Gasteiger partial charge is 0.497 e. The maximum absolute atomic E-state index is 13.2. The molecule has 1 aromatic carbocycles. The minimum atomic E-state index is -0.470. The molecule has 0 radical (unpaired) electrons. The molecule has 1 amide bonds. The van der Waals surface area contributed by atoms with Gasteiger partial charge in [0, 0.05) is 26.3 Å². The summed E-state index contributed by atoms with van der Waals surface area (Å²) in [5.74, 6) is 1.02. The zero-order valence-corrected chi connectivity index (χ0v) is 13.0. The molecule has 2 aliphatic heterocycles. The van der Waals surface area contributed by atoms with Crippen molar-refractivity contribution in [1.29, 1.82) is 0 Å². The molecule has 120 valence electrons. The van der Waals surface area contributed by atoms with Crippen LogP contribution in [0.2, 0.25) is 0 Å². The Balaban J connectivity index is 1.90. The van der Waals surface area contributed by atoms with E-state index in [-0.39, 0.29) is 5.91 Å². The fourth-order valence-corrected chi connectivity index (χ4v) is 3.33. The van der Waals surface area contributed by atoms with Crippen LogP contribution in [-0.4, -0.2) is 57.4 Å². The Morgan fingerprint density at radius 1 is 1.05 bits per heavy atom. The second kappa shape index (κ2) is 6.67. The van der Waals surface area contributed by atoms with Gasteiger partial charge >= 0.3 is 0 Å². The Bertz CT molecular complexity index is 502. The molecule has 0 atom stereocenters. The lowest BCUT2D eigenvalue weighted by Gasteiger charge is -2.41. The first-order valence-electron chi connectivity index (χ1n) is 7.86. The molecule has 0 unspecified atom stereocenters. The minimum absolute atomic E-state index is 0.212. The van der Waals surface area contributed by atoms with E-state index in [1.807, 2.05) is 29.2 Å². The highest BCUT2D eigenvalue weighted by Crippen LogP contribution is 2.37. The van der Waals surface area contributed by atoms with E-state index in [1.165, 1.54) is 0 Å². The van der Waals surface area contributed by atoms with Gasteiger partial charge in [-0.2, -0.15) is 0 Å². The number of methoxy groups -OCH3 is 1. The van der Waals surface area contributed by atoms with E-state index < -0.39 is 5.41 Å². The molecule has 0 saturated carbocycles. The second-order valence-electron chi connectivity index (χ2n) is 5.83. The Kier molecular flexibility index (Phi) is 4.64. The quantitative estimate of drug-likeness (QED) is 0.851. The van der Waals surface area contributed by atoms with Crippen molar-refractivity contribution >= 4 is 5.91 Å². The topological polar surface area (TPSA) is 48.0 Å². The van der Waals surface area contributed by atoms with Gasteiger partial charge in [0.15, 0.2) is 0 Å². The van der Waals surface area contributed by atoms with E-state index in [0.29, 0.717) is 39.5 Å². The lowest BCUT2D eigenvalue weighted by atomic mass is 9.73. The van der Waals surface area contributed by atoms with Crippen LogP contribution in [0.15, 0.2) is 24.3 Å². The average molecular weight is 305 g/mol. The first kappa shape index (κ1) is 15.3. The number of amides is 1. The number of carbonyl (C=O) groups is 1. The predicted octanol–water partition coefficient (Wildman–Crippen LogP) is 1.60. The highest BCUT2D eigenvalue weighted by atomic mass is 16.5. The summed E-state index contributed by atoms with van der Waals surface area (Å²) in [7, 11) is 1.65. The standard InChI is InChI=1S/C17H23NO4/c1-20-15-4-2-14(3-5-15)17(6-10-21-11-7-17)16(19)18-8-12-22-13-9-18/h2-5H,6-13H2,1H3. The Morgan fingerprint density at radius 3 is 2.23 bits per heavy atom. The van der Waals surface area contributed by atoms with E-state index in [4.69, 9.17) is 14.2 Å². The van der Waals surface area contributed by atoms with Crippen molar-refractivity contribution in [3.8, 4) is 5.75 Å². The van der Waals surface area contributed by atoms with Crippen molar-refractivity contribution in [3.05, 3.63) is 29.8 Å². The lowest BCUT2D eigenvalue weighted by molar-refractivity contribution is -0.145. The van der Waals surface area contributed by atoms with Crippen LogP contribution in [0.3, 0.4) is 0 Å². The third-order valence-electron chi connectivity index (χ3n) is 4.70. The average Bonchev–Trinajstić information content (AvgIpc) is 2.62. The van der Waals surface area contributed by atoms with Gasteiger partial charge in [0.2, 0.25) is 5.91 Å². The second-order valence-corrected chi connectivity index (χ2v) is 5.83. The van der Waals surface area contributed by atoms with Gasteiger partial charge < -0.3 is 19.1 Å². The van der Waals surface area contributed by atoms with Crippen LogP contribution in [0.4, 0.5) is 0 Å². The molecule has 5 nitrogen and oxygen atoms in total. The summed E-state index contributed by atoms with van der Waals surface area (Å²) >= 11 is 0. The summed E-state index contributed by atoms with van der Waals surface area (Å²) in [6.45, 7) is 3.86. The summed E-state index contributed by atoms with van der Waals surface area (Å²) in [6.07, 6.45) is 1.46. The first-order valence-corrected chi connectivity index (χ1v) is 7.86. The Labute approximate surface area is 131 Å². The Hall–Kier alpha value is -1.59. The Morgan fingerprint density at radius 2 is 1.64 bits per heavy atom. The molecule has 2 aliphatic rings. The summed E-state index contributed by atoms with van der Waals surface area (Å²) in [5.41, 5.74) is 0.593. The molecule has 22 heavy (non-hydrogen) atoms. The number of benzene rings is 1. The van der Waals surface area contributed by atoms with Crippen molar-refractivity contribution in [3.63, 3.8) is 0 Å². The third-order valence-corrected chi connectivity index (χ3v) is 4.70. The highest BCUT2D eigenvalue weighted by molar-refractivity contribution is 5.88. The molecule has 2 fully saturated rings. The zero-order chi connectivity index (χ0) is 15.4. The van der Waals surface area contributed by atoms with Crippen LogP contribution >= 0.6 is 0 Å². The molecule has 0 aliphatic carbocycles. The van der Waals surface area contributed by atoms with E-state index in [9.17, 15) is 4.79 Å². The number of carbonyl (C=O) groups excluding carboxylic acids is 1. The molecular formula is C17H23NO4. The lowest BCUT2D eigenvalue weighted by Crippen LogP contribution is -2.53. The summed E-state index contributed by atoms with van der Waals surface area (Å²) in [6, 6.07) is 7.89. The molecule has 0 aromatic heterocycles. The molecule has 0 spiro atoms. The number of nitrogens with zero attached hydrogens (tertiary/aromatic N) is 1.